The van der Waals surface area contributed by atoms with Crippen molar-refractivity contribution in [1.82, 2.24) is 0 Å². The van der Waals surface area contributed by atoms with Crippen LogP contribution in [0.4, 0.5) is 17.1 Å². The van der Waals surface area contributed by atoms with Crippen molar-refractivity contribution in [3.8, 4) is 22.3 Å². The number of benzene rings is 6. The Morgan fingerprint density at radius 2 is 0.981 bits per heavy atom. The third-order valence-corrected chi connectivity index (χ3v) is 13.5. The van der Waals surface area contributed by atoms with E-state index in [0.29, 0.717) is 0 Å². The number of hydrogen-bond donors (Lipinski definition) is 0. The van der Waals surface area contributed by atoms with Crippen LogP contribution in [0.1, 0.15) is 82.2 Å². The SMILES string of the molecule is Cc1cc(C)c(C)c(-c2c3ccc(N4CCCc5ccccc54)cc3c(-c3c(C)c(C)cc(C)c3C)c3ccc(N4CCCC5=C4C=CCC5)cc23)c1C. The van der Waals surface area contributed by atoms with Crippen LogP contribution in [0.2, 0.25) is 0 Å². The minimum absolute atomic E-state index is 1.03. The number of allylic oxidation sites excluding steroid dienone is 3. The summed E-state index contributed by atoms with van der Waals surface area (Å²) in [5.74, 6) is 0. The first kappa shape index (κ1) is 34.7. The van der Waals surface area contributed by atoms with Crippen molar-refractivity contribution in [1.29, 1.82) is 0 Å². The van der Waals surface area contributed by atoms with Crippen molar-refractivity contribution >= 4 is 38.6 Å². The molecule has 0 saturated carbocycles. The van der Waals surface area contributed by atoms with Crippen LogP contribution in [0.15, 0.2) is 96.2 Å². The van der Waals surface area contributed by atoms with E-state index in [1.165, 1.54) is 136 Å². The highest BCUT2D eigenvalue weighted by Crippen LogP contribution is 2.50. The highest BCUT2D eigenvalue weighted by molar-refractivity contribution is 6.23. The van der Waals surface area contributed by atoms with Crippen LogP contribution in [-0.2, 0) is 6.42 Å². The van der Waals surface area contributed by atoms with Gasteiger partial charge in [0.2, 0.25) is 0 Å². The third kappa shape index (κ3) is 5.44. The van der Waals surface area contributed by atoms with E-state index in [1.807, 2.05) is 0 Å². The Hall–Kier alpha value is -5.08. The van der Waals surface area contributed by atoms with Gasteiger partial charge in [-0.3, -0.25) is 0 Å². The van der Waals surface area contributed by atoms with Crippen molar-refractivity contribution in [2.75, 3.05) is 22.9 Å². The molecule has 0 saturated heterocycles. The fourth-order valence-electron chi connectivity index (χ4n) is 10.1. The predicted molar refractivity (Wildman–Crippen MR) is 234 cm³/mol. The van der Waals surface area contributed by atoms with E-state index in [9.17, 15) is 0 Å². The van der Waals surface area contributed by atoms with Gasteiger partial charge in [0, 0.05) is 35.8 Å². The summed E-state index contributed by atoms with van der Waals surface area (Å²) in [6, 6.07) is 28.7. The number of aryl methyl sites for hydroxylation is 5. The van der Waals surface area contributed by atoms with E-state index >= 15 is 0 Å². The summed E-state index contributed by atoms with van der Waals surface area (Å²) in [6.45, 7) is 20.6. The molecule has 0 aromatic heterocycles. The molecule has 0 fully saturated rings. The molecule has 3 aliphatic rings. The maximum absolute atomic E-state index is 2.62. The topological polar surface area (TPSA) is 6.48 Å². The maximum Gasteiger partial charge on any atom is 0.0443 e. The van der Waals surface area contributed by atoms with Gasteiger partial charge < -0.3 is 9.80 Å². The molecule has 2 heterocycles. The van der Waals surface area contributed by atoms with Crippen molar-refractivity contribution in [2.24, 2.45) is 0 Å². The van der Waals surface area contributed by atoms with Crippen LogP contribution in [0.5, 0.6) is 0 Å². The number of rotatable bonds is 4. The molecular weight excluding hydrogens is 653 g/mol. The van der Waals surface area contributed by atoms with Crippen molar-refractivity contribution < 1.29 is 0 Å². The fourth-order valence-corrected chi connectivity index (χ4v) is 10.1. The second-order valence-electron chi connectivity index (χ2n) is 16.5. The predicted octanol–water partition coefficient (Wildman–Crippen LogP) is 14.1. The molecule has 0 spiro atoms. The second kappa shape index (κ2) is 13.3. The first-order valence-corrected chi connectivity index (χ1v) is 20.3. The lowest BCUT2D eigenvalue weighted by Gasteiger charge is -2.35. The van der Waals surface area contributed by atoms with Gasteiger partial charge in [0.25, 0.3) is 0 Å². The van der Waals surface area contributed by atoms with Crippen molar-refractivity contribution in [2.45, 2.75) is 93.9 Å². The molecule has 6 aromatic carbocycles. The summed E-state index contributed by atoms with van der Waals surface area (Å²) in [4.78, 5) is 5.19. The summed E-state index contributed by atoms with van der Waals surface area (Å²) in [7, 11) is 0. The molecule has 2 heteroatoms. The standard InChI is InChI=1S/C52H54N2/c1-31-27-32(2)36(6)49(35(31)5)51-43-23-21-42(54-26-14-18-40-16-10-12-20-48(40)54)30-46(43)52(50-37(7)33(3)28-34(4)38(50)8)44-24-22-41(29-45(44)51)53-25-13-17-39-15-9-11-19-47(39)53/h9,11-12,15,19-24,27-30H,10,13-14,16-18,25-26H2,1-8H3. The lowest BCUT2D eigenvalue weighted by molar-refractivity contribution is 0.690. The maximum atomic E-state index is 2.62. The average Bonchev–Trinajstić information content (AvgIpc) is 3.19. The van der Waals surface area contributed by atoms with Crippen LogP contribution in [0.25, 0.3) is 43.8 Å². The molecule has 9 rings (SSSR count). The Morgan fingerprint density at radius 3 is 1.57 bits per heavy atom. The first-order valence-electron chi connectivity index (χ1n) is 20.3. The van der Waals surface area contributed by atoms with Gasteiger partial charge >= 0.3 is 0 Å². The molecule has 0 bridgehead atoms. The molecule has 0 amide bonds. The van der Waals surface area contributed by atoms with E-state index in [-0.39, 0.29) is 0 Å². The van der Waals surface area contributed by atoms with Crippen LogP contribution >= 0.6 is 0 Å². The number of hydrogen-bond acceptors (Lipinski definition) is 2. The van der Waals surface area contributed by atoms with Gasteiger partial charge in [0.15, 0.2) is 0 Å². The van der Waals surface area contributed by atoms with E-state index in [4.69, 9.17) is 0 Å². The number of para-hydroxylation sites is 1. The minimum atomic E-state index is 1.03. The monoisotopic (exact) mass is 706 g/mol. The molecule has 272 valence electrons. The first-order chi connectivity index (χ1) is 26.1. The molecule has 0 radical (unpaired) electrons. The molecule has 54 heavy (non-hydrogen) atoms. The largest absolute Gasteiger partial charge is 0.342 e. The zero-order valence-corrected chi connectivity index (χ0v) is 33.6. The number of nitrogens with zero attached hydrogens (tertiary/aromatic N) is 2. The lowest BCUT2D eigenvalue weighted by atomic mass is 9.79. The molecule has 2 nitrogen and oxygen atoms in total. The third-order valence-electron chi connectivity index (χ3n) is 13.5. The summed E-state index contributed by atoms with van der Waals surface area (Å²) in [6.07, 6.45) is 11.9. The van der Waals surface area contributed by atoms with Crippen LogP contribution < -0.4 is 9.80 Å². The Labute approximate surface area is 322 Å². The molecule has 0 atom stereocenters. The van der Waals surface area contributed by atoms with Gasteiger partial charge in [0.1, 0.15) is 0 Å². The van der Waals surface area contributed by atoms with Crippen molar-refractivity contribution in [3.05, 3.63) is 146 Å². The minimum Gasteiger partial charge on any atom is -0.342 e. The number of fused-ring (bicyclic) bond motifs is 3. The highest BCUT2D eigenvalue weighted by atomic mass is 15.1. The molecular formula is C52H54N2. The fraction of sp³-hybridized carbons (Fsp3) is 0.308. The van der Waals surface area contributed by atoms with Gasteiger partial charge in [-0.2, -0.15) is 0 Å². The highest BCUT2D eigenvalue weighted by Gasteiger charge is 2.27. The Kier molecular flexibility index (Phi) is 8.57. The Balaban J connectivity index is 1.44. The molecule has 0 unspecified atom stereocenters. The van der Waals surface area contributed by atoms with Gasteiger partial charge in [-0.25, -0.2) is 0 Å². The zero-order valence-electron chi connectivity index (χ0n) is 33.6. The van der Waals surface area contributed by atoms with Crippen molar-refractivity contribution in [3.63, 3.8) is 0 Å². The lowest BCUT2D eigenvalue weighted by Crippen LogP contribution is -2.28. The molecule has 1 aliphatic carbocycles. The second-order valence-corrected chi connectivity index (χ2v) is 16.5. The smallest absolute Gasteiger partial charge is 0.0443 e. The summed E-state index contributed by atoms with van der Waals surface area (Å²) >= 11 is 0. The van der Waals surface area contributed by atoms with E-state index in [1.54, 1.807) is 5.57 Å². The number of anilines is 3. The average molecular weight is 707 g/mol. The summed E-state index contributed by atoms with van der Waals surface area (Å²) in [5.41, 5.74) is 24.9. The molecule has 6 aromatic rings. The van der Waals surface area contributed by atoms with Gasteiger partial charge in [-0.05, 0) is 230 Å². The van der Waals surface area contributed by atoms with Gasteiger partial charge in [-0.1, -0.05) is 48.5 Å². The van der Waals surface area contributed by atoms with E-state index < -0.39 is 0 Å². The normalized spacial score (nSPS) is 15.7. The van der Waals surface area contributed by atoms with Crippen LogP contribution in [0, 0.1) is 55.4 Å². The van der Waals surface area contributed by atoms with Crippen LogP contribution in [-0.4, -0.2) is 13.1 Å². The molecule has 0 N–H and O–H groups in total. The Morgan fingerprint density at radius 1 is 0.463 bits per heavy atom. The van der Waals surface area contributed by atoms with E-state index in [0.717, 1.165) is 32.4 Å². The Bertz CT molecular complexity index is 2540. The molecule has 2 aliphatic heterocycles. The van der Waals surface area contributed by atoms with Gasteiger partial charge in [-0.15, -0.1) is 0 Å². The summed E-state index contributed by atoms with van der Waals surface area (Å²) < 4.78 is 0. The van der Waals surface area contributed by atoms with Crippen LogP contribution in [0.3, 0.4) is 0 Å². The van der Waals surface area contributed by atoms with Gasteiger partial charge in [0.05, 0.1) is 0 Å². The quantitative estimate of drug-likeness (QED) is 0.168. The zero-order chi connectivity index (χ0) is 37.4. The summed E-state index contributed by atoms with van der Waals surface area (Å²) in [5, 5.41) is 5.39. The van der Waals surface area contributed by atoms with E-state index in [2.05, 4.69) is 150 Å².